The molecule has 0 saturated heterocycles. The van der Waals surface area contributed by atoms with Crippen molar-refractivity contribution in [2.24, 2.45) is 0 Å². The average Bonchev–Trinajstić information content (AvgIpc) is 2.39. The summed E-state index contributed by atoms with van der Waals surface area (Å²) in [6, 6.07) is 7.21. The topological polar surface area (TPSA) is 48.4 Å². The molecule has 0 amide bonds. The van der Waals surface area contributed by atoms with E-state index in [4.69, 9.17) is 16.3 Å². The zero-order valence-electron chi connectivity index (χ0n) is 10.9. The third kappa shape index (κ3) is 2.79. The van der Waals surface area contributed by atoms with E-state index in [1.165, 1.54) is 7.11 Å². The van der Waals surface area contributed by atoms with E-state index in [-0.39, 0.29) is 0 Å². The second-order valence-electron chi connectivity index (χ2n) is 4.18. The first-order chi connectivity index (χ1) is 9.02. The summed E-state index contributed by atoms with van der Waals surface area (Å²) in [6.45, 7) is 3.48. The minimum absolute atomic E-state index is 0.426. The van der Waals surface area contributed by atoms with Gasteiger partial charge < -0.3 is 9.47 Å². The quantitative estimate of drug-likeness (QED) is 0.810. The number of ether oxygens (including phenoxy) is 2. The number of benzene rings is 1. The number of methoxy groups -OCH3 is 1. The number of hydrogen-bond donors (Lipinski definition) is 0. The van der Waals surface area contributed by atoms with Crippen LogP contribution in [0.5, 0.6) is 5.75 Å². The number of pyridine rings is 1. The lowest BCUT2D eigenvalue weighted by atomic mass is 10.2. The second-order valence-corrected chi connectivity index (χ2v) is 4.59. The summed E-state index contributed by atoms with van der Waals surface area (Å²) in [5.74, 6) is 0.146. The minimum Gasteiger partial charge on any atom is -0.478 e. The third-order valence-corrected chi connectivity index (χ3v) is 3.02. The molecule has 1 unspecified atom stereocenters. The van der Waals surface area contributed by atoms with Crippen LogP contribution in [-0.4, -0.2) is 24.2 Å². The van der Waals surface area contributed by atoms with Gasteiger partial charge in [-0.15, -0.1) is 0 Å². The largest absolute Gasteiger partial charge is 0.478 e. The van der Waals surface area contributed by atoms with Crippen LogP contribution in [0, 0.1) is 6.92 Å². The van der Waals surface area contributed by atoms with Gasteiger partial charge in [-0.2, -0.15) is 0 Å². The molecule has 0 aliphatic rings. The fraction of sp³-hybridized carbons (Fsp3) is 0.286. The number of rotatable bonds is 3. The molecule has 0 fully saturated rings. The highest BCUT2D eigenvalue weighted by atomic mass is 35.5. The van der Waals surface area contributed by atoms with Crippen LogP contribution in [0.15, 0.2) is 24.3 Å². The molecule has 0 saturated carbocycles. The Labute approximate surface area is 116 Å². The van der Waals surface area contributed by atoms with Crippen LogP contribution < -0.4 is 4.74 Å². The first-order valence-corrected chi connectivity index (χ1v) is 6.21. The van der Waals surface area contributed by atoms with Gasteiger partial charge in [-0.05, 0) is 26.0 Å². The predicted molar refractivity (Wildman–Crippen MR) is 73.6 cm³/mol. The average molecular weight is 280 g/mol. The number of esters is 1. The van der Waals surface area contributed by atoms with Crippen molar-refractivity contribution in [3.63, 3.8) is 0 Å². The van der Waals surface area contributed by atoms with Gasteiger partial charge in [-0.1, -0.05) is 17.7 Å². The van der Waals surface area contributed by atoms with Gasteiger partial charge in [-0.3, -0.25) is 4.98 Å². The van der Waals surface area contributed by atoms with Crippen LogP contribution in [0.2, 0.25) is 5.02 Å². The van der Waals surface area contributed by atoms with Crippen molar-refractivity contribution in [3.05, 3.63) is 35.0 Å². The number of carbonyl (C=O) groups excluding carboxylic acids is 1. The van der Waals surface area contributed by atoms with E-state index in [2.05, 4.69) is 9.72 Å². The van der Waals surface area contributed by atoms with Gasteiger partial charge >= 0.3 is 5.97 Å². The molecule has 1 aromatic heterocycles. The number of carbonyl (C=O) groups is 1. The Kier molecular flexibility index (Phi) is 3.90. The summed E-state index contributed by atoms with van der Waals surface area (Å²) in [5.41, 5.74) is 1.43. The first-order valence-electron chi connectivity index (χ1n) is 5.83. The Balaban J connectivity index is 2.48. The van der Waals surface area contributed by atoms with Crippen molar-refractivity contribution in [1.29, 1.82) is 0 Å². The van der Waals surface area contributed by atoms with Crippen LogP contribution in [0.4, 0.5) is 0 Å². The lowest BCUT2D eigenvalue weighted by Crippen LogP contribution is -2.25. The van der Waals surface area contributed by atoms with Gasteiger partial charge in [0, 0.05) is 17.1 Å². The Morgan fingerprint density at radius 3 is 2.84 bits per heavy atom. The fourth-order valence-electron chi connectivity index (χ4n) is 1.81. The van der Waals surface area contributed by atoms with Gasteiger partial charge in [0.05, 0.1) is 17.6 Å². The van der Waals surface area contributed by atoms with Gasteiger partial charge in [-0.25, -0.2) is 4.79 Å². The molecule has 0 aliphatic carbocycles. The lowest BCUT2D eigenvalue weighted by molar-refractivity contribution is -0.147. The van der Waals surface area contributed by atoms with Crippen LogP contribution in [0.25, 0.3) is 10.9 Å². The van der Waals surface area contributed by atoms with Gasteiger partial charge in [0.1, 0.15) is 5.75 Å². The molecule has 2 rings (SSSR count). The number of hydrogen-bond acceptors (Lipinski definition) is 4. The van der Waals surface area contributed by atoms with E-state index >= 15 is 0 Å². The molecule has 0 bridgehead atoms. The summed E-state index contributed by atoms with van der Waals surface area (Å²) in [4.78, 5) is 15.8. The first kappa shape index (κ1) is 13.6. The van der Waals surface area contributed by atoms with Crippen molar-refractivity contribution >= 4 is 28.5 Å². The maximum absolute atomic E-state index is 11.4. The molecule has 2 aromatic rings. The smallest absolute Gasteiger partial charge is 0.346 e. The Hall–Kier alpha value is -1.81. The Morgan fingerprint density at radius 2 is 2.16 bits per heavy atom. The normalized spacial score (nSPS) is 12.2. The molecule has 100 valence electrons. The third-order valence-electron chi connectivity index (χ3n) is 2.72. The molecule has 0 N–H and O–H groups in total. The van der Waals surface area contributed by atoms with Crippen LogP contribution in [0.1, 0.15) is 12.6 Å². The number of fused-ring (bicyclic) bond motifs is 1. The van der Waals surface area contributed by atoms with Crippen LogP contribution >= 0.6 is 11.6 Å². The fourth-order valence-corrected chi connectivity index (χ4v) is 2.02. The van der Waals surface area contributed by atoms with E-state index in [9.17, 15) is 4.79 Å². The van der Waals surface area contributed by atoms with E-state index in [0.29, 0.717) is 16.3 Å². The number of nitrogens with zero attached hydrogens (tertiary/aromatic N) is 1. The zero-order chi connectivity index (χ0) is 14.0. The summed E-state index contributed by atoms with van der Waals surface area (Å²) < 4.78 is 10.3. The number of halogens is 1. The summed E-state index contributed by atoms with van der Waals surface area (Å²) in [6.07, 6.45) is -0.686. The highest BCUT2D eigenvalue weighted by Crippen LogP contribution is 2.30. The molecular weight excluding hydrogens is 266 g/mol. The van der Waals surface area contributed by atoms with Crippen molar-refractivity contribution in [2.75, 3.05) is 7.11 Å². The molecule has 4 nitrogen and oxygen atoms in total. The van der Waals surface area contributed by atoms with Crippen LogP contribution in [0.3, 0.4) is 0 Å². The van der Waals surface area contributed by atoms with Crippen LogP contribution in [-0.2, 0) is 9.53 Å². The highest BCUT2D eigenvalue weighted by molar-refractivity contribution is 6.35. The van der Waals surface area contributed by atoms with Crippen molar-refractivity contribution in [1.82, 2.24) is 4.98 Å². The number of para-hydroxylation sites is 1. The van der Waals surface area contributed by atoms with Crippen molar-refractivity contribution in [3.8, 4) is 5.75 Å². The standard InChI is InChI=1S/C14H14ClNO3/c1-8-7-12(19-9(2)14(17)18-3)10-5-4-6-11(15)13(10)16-8/h4-7,9H,1-3H3. The SMILES string of the molecule is COC(=O)C(C)Oc1cc(C)nc2c(Cl)cccc12. The number of aromatic nitrogens is 1. The molecule has 1 atom stereocenters. The van der Waals surface area contributed by atoms with E-state index < -0.39 is 12.1 Å². The molecule has 1 aromatic carbocycles. The molecule has 19 heavy (non-hydrogen) atoms. The predicted octanol–water partition coefficient (Wildman–Crippen LogP) is 3.14. The van der Waals surface area contributed by atoms with Crippen molar-refractivity contribution < 1.29 is 14.3 Å². The maximum Gasteiger partial charge on any atom is 0.346 e. The Bertz CT molecular complexity index is 627. The summed E-state index contributed by atoms with van der Waals surface area (Å²) >= 11 is 6.12. The van der Waals surface area contributed by atoms with Crippen molar-refractivity contribution in [2.45, 2.75) is 20.0 Å². The molecule has 0 spiro atoms. The van der Waals surface area contributed by atoms with E-state index in [1.807, 2.05) is 19.1 Å². The van der Waals surface area contributed by atoms with E-state index in [1.54, 1.807) is 19.1 Å². The van der Waals surface area contributed by atoms with Gasteiger partial charge in [0.15, 0.2) is 6.10 Å². The monoisotopic (exact) mass is 279 g/mol. The maximum atomic E-state index is 11.4. The molecule has 0 aliphatic heterocycles. The summed E-state index contributed by atoms with van der Waals surface area (Å²) in [5, 5.41) is 1.32. The van der Waals surface area contributed by atoms with E-state index in [0.717, 1.165) is 11.1 Å². The second kappa shape index (κ2) is 5.45. The molecule has 5 heteroatoms. The van der Waals surface area contributed by atoms with Gasteiger partial charge in [0.2, 0.25) is 0 Å². The molecular formula is C14H14ClNO3. The number of aryl methyl sites for hydroxylation is 1. The Morgan fingerprint density at radius 1 is 1.42 bits per heavy atom. The minimum atomic E-state index is -0.686. The lowest BCUT2D eigenvalue weighted by Gasteiger charge is -2.15. The molecule has 1 heterocycles. The molecule has 0 radical (unpaired) electrons. The summed E-state index contributed by atoms with van der Waals surface area (Å²) in [7, 11) is 1.33. The zero-order valence-corrected chi connectivity index (χ0v) is 11.7. The highest BCUT2D eigenvalue weighted by Gasteiger charge is 2.17. The van der Waals surface area contributed by atoms with Gasteiger partial charge in [0.25, 0.3) is 0 Å².